The van der Waals surface area contributed by atoms with Crippen molar-refractivity contribution in [2.45, 2.75) is 37.6 Å². The molecule has 5 rings (SSSR count). The second-order valence-electron chi connectivity index (χ2n) is 7.41. The number of ether oxygens (including phenoxy) is 3. The molecule has 29 heavy (non-hydrogen) atoms. The van der Waals surface area contributed by atoms with Crippen molar-refractivity contribution in [1.82, 2.24) is 15.0 Å². The molecule has 2 aliphatic rings. The van der Waals surface area contributed by atoms with E-state index in [0.29, 0.717) is 35.6 Å². The van der Waals surface area contributed by atoms with Crippen LogP contribution in [0.2, 0.25) is 5.02 Å². The van der Waals surface area contributed by atoms with Gasteiger partial charge in [0.05, 0.1) is 28.9 Å². The number of nitrogens with one attached hydrogen (secondary N) is 1. The smallest absolute Gasteiger partial charge is 0.296 e. The van der Waals surface area contributed by atoms with Crippen LogP contribution >= 0.6 is 11.6 Å². The molecule has 2 saturated heterocycles. The Morgan fingerprint density at radius 1 is 1.21 bits per heavy atom. The Kier molecular flexibility index (Phi) is 5.13. The van der Waals surface area contributed by atoms with Crippen molar-refractivity contribution in [2.24, 2.45) is 0 Å². The van der Waals surface area contributed by atoms with Crippen molar-refractivity contribution in [3.8, 4) is 17.3 Å². The van der Waals surface area contributed by atoms with Gasteiger partial charge >= 0.3 is 0 Å². The van der Waals surface area contributed by atoms with E-state index in [2.05, 4.69) is 15.0 Å². The molecule has 0 spiro atoms. The SMILES string of the molecule is OCCCc1ccc(-c2nc3nc(OC4CO[C@@H]5CCO[C@H]45)[nH]c3cc2Cl)cc1. The van der Waals surface area contributed by atoms with Crippen LogP contribution in [-0.2, 0) is 15.9 Å². The number of aliphatic hydroxyl groups is 1. The molecule has 2 aromatic heterocycles. The van der Waals surface area contributed by atoms with E-state index in [0.717, 1.165) is 30.3 Å². The van der Waals surface area contributed by atoms with Gasteiger partial charge in [-0.1, -0.05) is 35.9 Å². The molecule has 2 fully saturated rings. The van der Waals surface area contributed by atoms with Gasteiger partial charge in [0, 0.05) is 18.8 Å². The van der Waals surface area contributed by atoms with Gasteiger partial charge in [-0.25, -0.2) is 4.98 Å². The number of benzene rings is 1. The van der Waals surface area contributed by atoms with Crippen LogP contribution in [0, 0.1) is 0 Å². The average Bonchev–Trinajstić information content (AvgIpc) is 3.43. The average molecular weight is 416 g/mol. The molecule has 3 atom stereocenters. The highest BCUT2D eigenvalue weighted by Crippen LogP contribution is 2.32. The summed E-state index contributed by atoms with van der Waals surface area (Å²) in [7, 11) is 0. The molecule has 7 nitrogen and oxygen atoms in total. The van der Waals surface area contributed by atoms with E-state index >= 15 is 0 Å². The summed E-state index contributed by atoms with van der Waals surface area (Å²) < 4.78 is 17.4. The first-order valence-electron chi connectivity index (χ1n) is 9.87. The fourth-order valence-corrected chi connectivity index (χ4v) is 4.20. The van der Waals surface area contributed by atoms with Gasteiger partial charge in [-0.2, -0.15) is 4.98 Å². The maximum absolute atomic E-state index is 8.97. The maximum atomic E-state index is 8.97. The number of aromatic amines is 1. The lowest BCUT2D eigenvalue weighted by atomic mass is 10.1. The number of rotatable bonds is 6. The van der Waals surface area contributed by atoms with Crippen LogP contribution in [0.25, 0.3) is 22.4 Å². The summed E-state index contributed by atoms with van der Waals surface area (Å²) >= 11 is 6.49. The van der Waals surface area contributed by atoms with E-state index < -0.39 is 0 Å². The molecule has 1 unspecified atom stereocenters. The number of hydrogen-bond acceptors (Lipinski definition) is 6. The minimum absolute atomic E-state index is 0.0420. The van der Waals surface area contributed by atoms with Crippen LogP contribution in [0.1, 0.15) is 18.4 Å². The number of pyridine rings is 1. The molecular weight excluding hydrogens is 394 g/mol. The van der Waals surface area contributed by atoms with Crippen LogP contribution in [0.3, 0.4) is 0 Å². The number of halogens is 1. The zero-order chi connectivity index (χ0) is 19.8. The van der Waals surface area contributed by atoms with Crippen LogP contribution in [0.15, 0.2) is 30.3 Å². The Morgan fingerprint density at radius 3 is 2.90 bits per heavy atom. The molecule has 2 N–H and O–H groups in total. The number of aliphatic hydroxyl groups excluding tert-OH is 1. The van der Waals surface area contributed by atoms with Crippen molar-refractivity contribution in [1.29, 1.82) is 0 Å². The monoisotopic (exact) mass is 415 g/mol. The molecule has 0 saturated carbocycles. The van der Waals surface area contributed by atoms with Crippen molar-refractivity contribution in [3.63, 3.8) is 0 Å². The van der Waals surface area contributed by atoms with E-state index in [-0.39, 0.29) is 24.9 Å². The number of imidazole rings is 1. The summed E-state index contributed by atoms with van der Waals surface area (Å²) in [5, 5.41) is 9.51. The normalized spacial score (nSPS) is 23.6. The summed E-state index contributed by atoms with van der Waals surface area (Å²) in [4.78, 5) is 12.3. The lowest BCUT2D eigenvalue weighted by Gasteiger charge is -2.15. The Labute approximate surface area is 173 Å². The number of aryl methyl sites for hydroxylation is 1. The van der Waals surface area contributed by atoms with Crippen molar-refractivity contribution in [2.75, 3.05) is 19.8 Å². The van der Waals surface area contributed by atoms with Crippen molar-refractivity contribution < 1.29 is 19.3 Å². The molecule has 0 aliphatic carbocycles. The topological polar surface area (TPSA) is 89.5 Å². The standard InChI is InChI=1S/C21H22ClN3O4/c22-14-10-15-20(24-18(14)13-5-3-12(4-6-13)2-1-8-26)25-21(23-15)29-17-11-28-16-7-9-27-19(16)17/h3-6,10,16-17,19,26H,1-2,7-9,11H2,(H,23,24,25)/t16-,17?,19+/m1/s1. The second kappa shape index (κ2) is 7.91. The lowest BCUT2D eigenvalue weighted by Crippen LogP contribution is -2.32. The molecule has 152 valence electrons. The summed E-state index contributed by atoms with van der Waals surface area (Å²) in [6.45, 7) is 1.39. The lowest BCUT2D eigenvalue weighted by molar-refractivity contribution is 0.0273. The predicted octanol–water partition coefficient (Wildman–Crippen LogP) is 3.14. The third-order valence-corrected chi connectivity index (χ3v) is 5.73. The molecule has 2 aliphatic heterocycles. The zero-order valence-electron chi connectivity index (χ0n) is 15.8. The highest BCUT2D eigenvalue weighted by molar-refractivity contribution is 6.33. The molecule has 0 radical (unpaired) electrons. The van der Waals surface area contributed by atoms with E-state index in [1.165, 1.54) is 5.56 Å². The van der Waals surface area contributed by atoms with Gasteiger partial charge < -0.3 is 24.3 Å². The highest BCUT2D eigenvalue weighted by Gasteiger charge is 2.43. The molecule has 3 aromatic rings. The first-order valence-corrected chi connectivity index (χ1v) is 10.3. The quantitative estimate of drug-likeness (QED) is 0.643. The summed E-state index contributed by atoms with van der Waals surface area (Å²) in [6, 6.07) is 10.3. The number of H-pyrrole nitrogens is 1. The van der Waals surface area contributed by atoms with Gasteiger partial charge in [-0.05, 0) is 30.9 Å². The first kappa shape index (κ1) is 18.8. The molecule has 0 bridgehead atoms. The zero-order valence-corrected chi connectivity index (χ0v) is 16.6. The summed E-state index contributed by atoms with van der Waals surface area (Å²) in [5.41, 5.74) is 4.03. The Bertz CT molecular complexity index is 1010. The van der Waals surface area contributed by atoms with Gasteiger partial charge in [0.1, 0.15) is 6.10 Å². The van der Waals surface area contributed by atoms with Gasteiger partial charge in [-0.3, -0.25) is 0 Å². The minimum atomic E-state index is -0.176. The van der Waals surface area contributed by atoms with Gasteiger partial charge in [0.25, 0.3) is 6.01 Å². The predicted molar refractivity (Wildman–Crippen MR) is 108 cm³/mol. The summed E-state index contributed by atoms with van der Waals surface area (Å²) in [6.07, 6.45) is 2.39. The van der Waals surface area contributed by atoms with Crippen LogP contribution in [0.4, 0.5) is 0 Å². The van der Waals surface area contributed by atoms with Crippen LogP contribution in [0.5, 0.6) is 6.01 Å². The highest BCUT2D eigenvalue weighted by atomic mass is 35.5. The Hall–Kier alpha value is -2.19. The fourth-order valence-electron chi connectivity index (χ4n) is 3.94. The summed E-state index contributed by atoms with van der Waals surface area (Å²) in [5.74, 6) is 0. The molecule has 4 heterocycles. The number of nitrogens with zero attached hydrogens (tertiary/aromatic N) is 2. The van der Waals surface area contributed by atoms with E-state index in [4.69, 9.17) is 30.9 Å². The Balaban J connectivity index is 1.38. The minimum Gasteiger partial charge on any atom is -0.456 e. The van der Waals surface area contributed by atoms with Crippen molar-refractivity contribution in [3.05, 3.63) is 40.9 Å². The maximum Gasteiger partial charge on any atom is 0.296 e. The van der Waals surface area contributed by atoms with E-state index in [9.17, 15) is 0 Å². The number of hydrogen-bond donors (Lipinski definition) is 2. The van der Waals surface area contributed by atoms with Crippen LogP contribution in [-0.4, -0.2) is 58.2 Å². The first-order chi connectivity index (χ1) is 14.2. The Morgan fingerprint density at radius 2 is 2.07 bits per heavy atom. The number of fused-ring (bicyclic) bond motifs is 2. The fraction of sp³-hybridized carbons (Fsp3) is 0.429. The third-order valence-electron chi connectivity index (χ3n) is 5.44. The van der Waals surface area contributed by atoms with Gasteiger partial charge in [0.2, 0.25) is 0 Å². The van der Waals surface area contributed by atoms with E-state index in [1.807, 2.05) is 30.3 Å². The number of aromatic nitrogens is 3. The van der Waals surface area contributed by atoms with Crippen molar-refractivity contribution >= 4 is 22.8 Å². The molecule has 8 heteroatoms. The molecular formula is C21H22ClN3O4. The molecule has 0 amide bonds. The van der Waals surface area contributed by atoms with Gasteiger partial charge in [0.15, 0.2) is 11.8 Å². The second-order valence-corrected chi connectivity index (χ2v) is 7.82. The van der Waals surface area contributed by atoms with Gasteiger partial charge in [-0.15, -0.1) is 0 Å². The van der Waals surface area contributed by atoms with Crippen LogP contribution < -0.4 is 4.74 Å². The van der Waals surface area contributed by atoms with E-state index in [1.54, 1.807) is 0 Å². The molecule has 1 aromatic carbocycles. The third kappa shape index (κ3) is 3.71. The largest absolute Gasteiger partial charge is 0.456 e.